The summed E-state index contributed by atoms with van der Waals surface area (Å²) in [5, 5.41) is 0. The normalized spacial score (nSPS) is 10.1. The third kappa shape index (κ3) is 3.13. The molecule has 0 aliphatic carbocycles. The van der Waals surface area contributed by atoms with Crippen LogP contribution in [0.25, 0.3) is 0 Å². The fraction of sp³-hybridized carbons (Fsp3) is 0.500. The second kappa shape index (κ2) is 6.30. The maximum Gasteiger partial charge on any atom is 0.164 e. The molecule has 84 valence electrons. The van der Waals surface area contributed by atoms with Crippen LogP contribution >= 0.6 is 0 Å². The number of aryl methyl sites for hydroxylation is 1. The van der Waals surface area contributed by atoms with Crippen LogP contribution in [-0.4, -0.2) is 20.3 Å². The van der Waals surface area contributed by atoms with Gasteiger partial charge in [-0.05, 0) is 18.1 Å². The van der Waals surface area contributed by atoms with Gasteiger partial charge >= 0.3 is 0 Å². The first-order chi connectivity index (χ1) is 7.33. The first-order valence-electron chi connectivity index (χ1n) is 5.32. The summed E-state index contributed by atoms with van der Waals surface area (Å²) >= 11 is 0. The Bertz CT molecular complexity index is 300. The van der Waals surface area contributed by atoms with E-state index in [1.165, 1.54) is 5.56 Å². The third-order valence-electron chi connectivity index (χ3n) is 2.16. The van der Waals surface area contributed by atoms with Crippen molar-refractivity contribution in [3.05, 3.63) is 23.8 Å². The molecule has 1 aromatic rings. The Morgan fingerprint density at radius 3 is 2.73 bits per heavy atom. The molecule has 3 nitrogen and oxygen atoms in total. The lowest BCUT2D eigenvalue weighted by molar-refractivity contribution is 0.299. The van der Waals surface area contributed by atoms with Crippen LogP contribution in [0.15, 0.2) is 18.2 Å². The van der Waals surface area contributed by atoms with Crippen molar-refractivity contribution in [1.82, 2.24) is 0 Å². The van der Waals surface area contributed by atoms with Crippen LogP contribution in [0, 0.1) is 0 Å². The molecule has 1 rings (SSSR count). The lowest BCUT2D eigenvalue weighted by Crippen LogP contribution is -2.12. The predicted molar refractivity (Wildman–Crippen MR) is 61.5 cm³/mol. The maximum atomic E-state index is 5.61. The maximum absolute atomic E-state index is 5.61. The van der Waals surface area contributed by atoms with Crippen molar-refractivity contribution in [1.29, 1.82) is 0 Å². The number of para-hydroxylation sites is 1. The van der Waals surface area contributed by atoms with E-state index in [-0.39, 0.29) is 0 Å². The Kier molecular flexibility index (Phi) is 4.98. The summed E-state index contributed by atoms with van der Waals surface area (Å²) in [6.45, 7) is 3.19. The first-order valence-corrected chi connectivity index (χ1v) is 5.32. The van der Waals surface area contributed by atoms with E-state index in [0.717, 1.165) is 24.3 Å². The molecule has 2 N–H and O–H groups in total. The molecule has 0 bridgehead atoms. The van der Waals surface area contributed by atoms with Gasteiger partial charge in [0, 0.05) is 6.54 Å². The smallest absolute Gasteiger partial charge is 0.164 e. The van der Waals surface area contributed by atoms with Crippen molar-refractivity contribution in [2.45, 2.75) is 19.8 Å². The second-order valence-electron chi connectivity index (χ2n) is 3.34. The molecule has 1 aromatic carbocycles. The van der Waals surface area contributed by atoms with Crippen molar-refractivity contribution < 1.29 is 9.47 Å². The van der Waals surface area contributed by atoms with Crippen LogP contribution in [0.5, 0.6) is 11.5 Å². The van der Waals surface area contributed by atoms with Crippen molar-refractivity contribution in [2.24, 2.45) is 5.73 Å². The van der Waals surface area contributed by atoms with E-state index in [1.54, 1.807) is 7.11 Å². The number of ether oxygens (including phenoxy) is 2. The molecule has 0 saturated heterocycles. The summed E-state index contributed by atoms with van der Waals surface area (Å²) in [5.74, 6) is 1.63. The number of hydrogen-bond acceptors (Lipinski definition) is 3. The topological polar surface area (TPSA) is 44.5 Å². The summed E-state index contributed by atoms with van der Waals surface area (Å²) in [6, 6.07) is 5.96. The Morgan fingerprint density at radius 1 is 1.33 bits per heavy atom. The summed E-state index contributed by atoms with van der Waals surface area (Å²) in [5.41, 5.74) is 6.61. The fourth-order valence-corrected chi connectivity index (χ4v) is 1.51. The highest BCUT2D eigenvalue weighted by molar-refractivity contribution is 5.46. The Balaban J connectivity index is 2.92. The molecule has 0 atom stereocenters. The van der Waals surface area contributed by atoms with Gasteiger partial charge in [-0.3, -0.25) is 0 Å². The number of nitrogens with two attached hydrogens (primary N) is 1. The van der Waals surface area contributed by atoms with Crippen molar-refractivity contribution >= 4 is 0 Å². The van der Waals surface area contributed by atoms with E-state index in [4.69, 9.17) is 15.2 Å². The van der Waals surface area contributed by atoms with Crippen molar-refractivity contribution in [3.8, 4) is 11.5 Å². The molecule has 0 heterocycles. The largest absolute Gasteiger partial charge is 0.493 e. The minimum atomic E-state index is 0.517. The summed E-state index contributed by atoms with van der Waals surface area (Å²) in [6.07, 6.45) is 2.09. The minimum absolute atomic E-state index is 0.517. The Morgan fingerprint density at radius 2 is 2.13 bits per heavy atom. The monoisotopic (exact) mass is 209 g/mol. The highest BCUT2D eigenvalue weighted by atomic mass is 16.5. The standard InChI is InChI=1S/C12H19NO2/c1-3-5-10-6-4-7-11(14-2)12(10)15-9-8-13/h4,6-7H,3,5,8-9,13H2,1-2H3. The average molecular weight is 209 g/mol. The molecule has 0 spiro atoms. The lowest BCUT2D eigenvalue weighted by atomic mass is 10.1. The zero-order chi connectivity index (χ0) is 11.1. The SMILES string of the molecule is CCCc1cccc(OC)c1OCCN. The predicted octanol–water partition coefficient (Wildman–Crippen LogP) is 1.99. The lowest BCUT2D eigenvalue weighted by Gasteiger charge is -2.14. The van der Waals surface area contributed by atoms with Crippen LogP contribution < -0.4 is 15.2 Å². The van der Waals surface area contributed by atoms with E-state index >= 15 is 0 Å². The summed E-state index contributed by atoms with van der Waals surface area (Å²) in [4.78, 5) is 0. The molecule has 0 amide bonds. The molecule has 0 aliphatic heterocycles. The van der Waals surface area contributed by atoms with Crippen LogP contribution in [0.1, 0.15) is 18.9 Å². The van der Waals surface area contributed by atoms with Crippen LogP contribution in [0.2, 0.25) is 0 Å². The molecule has 0 aromatic heterocycles. The average Bonchev–Trinajstić information content (AvgIpc) is 2.27. The molecule has 0 aliphatic rings. The van der Waals surface area contributed by atoms with Crippen molar-refractivity contribution in [2.75, 3.05) is 20.3 Å². The van der Waals surface area contributed by atoms with Crippen LogP contribution in [-0.2, 0) is 6.42 Å². The van der Waals surface area contributed by atoms with Gasteiger partial charge in [-0.1, -0.05) is 25.5 Å². The highest BCUT2D eigenvalue weighted by Gasteiger charge is 2.09. The van der Waals surface area contributed by atoms with Gasteiger partial charge in [-0.2, -0.15) is 0 Å². The number of benzene rings is 1. The zero-order valence-electron chi connectivity index (χ0n) is 9.45. The molecule has 0 radical (unpaired) electrons. The minimum Gasteiger partial charge on any atom is -0.493 e. The Labute approximate surface area is 91.2 Å². The van der Waals surface area contributed by atoms with Gasteiger partial charge in [0.2, 0.25) is 0 Å². The second-order valence-corrected chi connectivity index (χ2v) is 3.34. The van der Waals surface area contributed by atoms with E-state index in [2.05, 4.69) is 13.0 Å². The van der Waals surface area contributed by atoms with E-state index in [0.29, 0.717) is 13.2 Å². The molecule has 0 saturated carbocycles. The van der Waals surface area contributed by atoms with Crippen LogP contribution in [0.4, 0.5) is 0 Å². The van der Waals surface area contributed by atoms with Crippen molar-refractivity contribution in [3.63, 3.8) is 0 Å². The van der Waals surface area contributed by atoms with Gasteiger partial charge in [0.25, 0.3) is 0 Å². The van der Waals surface area contributed by atoms with Crippen LogP contribution in [0.3, 0.4) is 0 Å². The number of rotatable bonds is 6. The fourth-order valence-electron chi connectivity index (χ4n) is 1.51. The van der Waals surface area contributed by atoms with E-state index in [1.807, 2.05) is 12.1 Å². The highest BCUT2D eigenvalue weighted by Crippen LogP contribution is 2.31. The molecule has 3 heteroatoms. The van der Waals surface area contributed by atoms with E-state index in [9.17, 15) is 0 Å². The molecule has 15 heavy (non-hydrogen) atoms. The third-order valence-corrected chi connectivity index (χ3v) is 2.16. The van der Waals surface area contributed by atoms with E-state index < -0.39 is 0 Å². The molecular formula is C12H19NO2. The zero-order valence-corrected chi connectivity index (χ0v) is 9.45. The quantitative estimate of drug-likeness (QED) is 0.779. The Hall–Kier alpha value is -1.22. The van der Waals surface area contributed by atoms with Gasteiger partial charge in [-0.25, -0.2) is 0 Å². The van der Waals surface area contributed by atoms with Gasteiger partial charge in [0.05, 0.1) is 7.11 Å². The van der Waals surface area contributed by atoms with Gasteiger partial charge in [0.1, 0.15) is 6.61 Å². The van der Waals surface area contributed by atoms with Gasteiger partial charge in [-0.15, -0.1) is 0 Å². The molecule has 0 unspecified atom stereocenters. The molecular weight excluding hydrogens is 190 g/mol. The first kappa shape index (κ1) is 11.9. The van der Waals surface area contributed by atoms with Gasteiger partial charge < -0.3 is 15.2 Å². The summed E-state index contributed by atoms with van der Waals surface area (Å²) < 4.78 is 10.9. The number of methoxy groups -OCH3 is 1. The van der Waals surface area contributed by atoms with Gasteiger partial charge in [0.15, 0.2) is 11.5 Å². The molecule has 0 fully saturated rings. The number of hydrogen-bond donors (Lipinski definition) is 1. The summed E-state index contributed by atoms with van der Waals surface area (Å²) in [7, 11) is 1.65.